The van der Waals surface area contributed by atoms with Crippen LogP contribution in [-0.4, -0.2) is 9.97 Å². The molecule has 0 fully saturated rings. The maximum absolute atomic E-state index is 4.71. The molecule has 0 aliphatic rings. The molecular formula is C33H29IrN2-. The van der Waals surface area contributed by atoms with E-state index in [1.54, 1.807) is 0 Å². The van der Waals surface area contributed by atoms with Crippen LogP contribution in [0.15, 0.2) is 103 Å². The van der Waals surface area contributed by atoms with Crippen molar-refractivity contribution in [3.8, 4) is 33.5 Å². The fourth-order valence-corrected chi connectivity index (χ4v) is 4.58. The largest absolute Gasteiger partial charge is 0.354 e. The molecule has 0 saturated heterocycles. The zero-order chi connectivity index (χ0) is 24.4. The topological polar surface area (TPSA) is 25.8 Å². The maximum Gasteiger partial charge on any atom is 0.0239 e. The molecule has 3 aromatic carbocycles. The molecule has 5 rings (SSSR count). The molecule has 0 saturated carbocycles. The normalized spacial score (nSPS) is 11.1. The van der Waals surface area contributed by atoms with Gasteiger partial charge < -0.3 is 9.97 Å². The van der Waals surface area contributed by atoms with Crippen LogP contribution < -0.4 is 0 Å². The van der Waals surface area contributed by atoms with Gasteiger partial charge >= 0.3 is 0 Å². The predicted octanol–water partition coefficient (Wildman–Crippen LogP) is 8.22. The second-order valence-electron chi connectivity index (χ2n) is 9.58. The SMILES string of the molecule is Cc1c[c-]c(-c2ccc(-c3cccc(-c4ccc(C(C)(C)c5ccccc5)cc4)c3)cn2)c(C)n1.[Ir]. The van der Waals surface area contributed by atoms with Gasteiger partial charge in [0.1, 0.15) is 0 Å². The number of rotatable bonds is 5. The van der Waals surface area contributed by atoms with E-state index in [2.05, 4.69) is 116 Å². The first kappa shape index (κ1) is 25.7. The molecule has 0 N–H and O–H groups in total. The van der Waals surface area contributed by atoms with Crippen molar-refractivity contribution >= 4 is 0 Å². The van der Waals surface area contributed by atoms with E-state index in [-0.39, 0.29) is 25.5 Å². The van der Waals surface area contributed by atoms with Crippen molar-refractivity contribution < 1.29 is 20.1 Å². The average molecular weight is 646 g/mol. The third-order valence-corrected chi connectivity index (χ3v) is 6.78. The molecule has 0 unspecified atom stereocenters. The minimum Gasteiger partial charge on any atom is -0.354 e. The van der Waals surface area contributed by atoms with E-state index in [1.165, 1.54) is 22.3 Å². The molecule has 2 nitrogen and oxygen atoms in total. The molecule has 0 aliphatic heterocycles. The van der Waals surface area contributed by atoms with Crippen LogP contribution in [0.2, 0.25) is 0 Å². The van der Waals surface area contributed by atoms with E-state index in [4.69, 9.17) is 4.98 Å². The standard InChI is InChI=1S/C33H29N2.Ir/c1-23-13-19-31(24(2)35-23)32-20-16-28(22-34-32)27-10-8-9-26(21-27)25-14-17-30(18-15-25)33(3,4)29-11-6-5-7-12-29;/h5-18,20-22H,1-4H3;/q-1;. The smallest absolute Gasteiger partial charge is 0.0239 e. The molecular weight excluding hydrogens is 617 g/mol. The Bertz CT molecular complexity index is 1450. The van der Waals surface area contributed by atoms with Crippen LogP contribution in [0.1, 0.15) is 36.4 Å². The van der Waals surface area contributed by atoms with Crippen molar-refractivity contribution in [2.24, 2.45) is 0 Å². The number of aromatic nitrogens is 2. The summed E-state index contributed by atoms with van der Waals surface area (Å²) in [5.74, 6) is 0. The van der Waals surface area contributed by atoms with E-state index in [0.717, 1.165) is 33.8 Å². The monoisotopic (exact) mass is 646 g/mol. The van der Waals surface area contributed by atoms with Gasteiger partial charge in [-0.1, -0.05) is 113 Å². The van der Waals surface area contributed by atoms with Crippen LogP contribution in [0.4, 0.5) is 0 Å². The van der Waals surface area contributed by atoms with Gasteiger partial charge in [0.05, 0.1) is 0 Å². The van der Waals surface area contributed by atoms with Crippen molar-refractivity contribution in [3.63, 3.8) is 0 Å². The third-order valence-electron chi connectivity index (χ3n) is 6.78. The number of aryl methyl sites for hydroxylation is 2. The van der Waals surface area contributed by atoms with E-state index in [1.807, 2.05) is 26.1 Å². The zero-order valence-corrected chi connectivity index (χ0v) is 23.4. The van der Waals surface area contributed by atoms with Gasteiger partial charge in [-0.15, -0.1) is 17.7 Å². The van der Waals surface area contributed by atoms with Crippen LogP contribution in [0.3, 0.4) is 0 Å². The molecule has 0 amide bonds. The van der Waals surface area contributed by atoms with Gasteiger partial charge in [0.15, 0.2) is 0 Å². The molecule has 5 aromatic rings. The van der Waals surface area contributed by atoms with Crippen molar-refractivity contribution in [1.29, 1.82) is 0 Å². The maximum atomic E-state index is 4.71. The number of hydrogen-bond acceptors (Lipinski definition) is 2. The Kier molecular flexibility index (Phi) is 7.64. The fourth-order valence-electron chi connectivity index (χ4n) is 4.58. The fraction of sp³-hybridized carbons (Fsp3) is 0.152. The van der Waals surface area contributed by atoms with Crippen molar-refractivity contribution in [1.82, 2.24) is 9.97 Å². The van der Waals surface area contributed by atoms with Crippen molar-refractivity contribution in [2.75, 3.05) is 0 Å². The Balaban J connectivity index is 0.00000304. The average Bonchev–Trinajstić information content (AvgIpc) is 2.89. The molecule has 36 heavy (non-hydrogen) atoms. The molecule has 2 heterocycles. The number of benzene rings is 3. The minimum absolute atomic E-state index is 0. The van der Waals surface area contributed by atoms with E-state index in [0.29, 0.717) is 0 Å². The predicted molar refractivity (Wildman–Crippen MR) is 145 cm³/mol. The van der Waals surface area contributed by atoms with E-state index >= 15 is 0 Å². The summed E-state index contributed by atoms with van der Waals surface area (Å²) >= 11 is 0. The molecule has 3 heteroatoms. The van der Waals surface area contributed by atoms with Crippen LogP contribution >= 0.6 is 0 Å². The summed E-state index contributed by atoms with van der Waals surface area (Å²) < 4.78 is 0. The van der Waals surface area contributed by atoms with Crippen LogP contribution in [-0.2, 0) is 25.5 Å². The third kappa shape index (κ3) is 5.23. The summed E-state index contributed by atoms with van der Waals surface area (Å²) in [6.45, 7) is 8.54. The van der Waals surface area contributed by atoms with E-state index < -0.39 is 0 Å². The summed E-state index contributed by atoms with van der Waals surface area (Å²) in [4.78, 5) is 9.26. The van der Waals surface area contributed by atoms with Crippen molar-refractivity contribution in [2.45, 2.75) is 33.1 Å². The number of nitrogens with zero attached hydrogens (tertiary/aromatic N) is 2. The number of pyridine rings is 2. The van der Waals surface area contributed by atoms with Crippen molar-refractivity contribution in [3.05, 3.63) is 132 Å². The van der Waals surface area contributed by atoms with Gasteiger partial charge in [-0.05, 0) is 56.5 Å². The van der Waals surface area contributed by atoms with Gasteiger partial charge in [0.2, 0.25) is 0 Å². The van der Waals surface area contributed by atoms with Gasteiger partial charge in [-0.25, -0.2) is 0 Å². The Labute approximate surface area is 227 Å². The van der Waals surface area contributed by atoms with Gasteiger partial charge in [-0.3, -0.25) is 0 Å². The molecule has 1 radical (unpaired) electrons. The first-order valence-electron chi connectivity index (χ1n) is 12.0. The first-order chi connectivity index (χ1) is 16.9. The Morgan fingerprint density at radius 1 is 0.667 bits per heavy atom. The Morgan fingerprint density at radius 2 is 1.31 bits per heavy atom. The number of hydrogen-bond donors (Lipinski definition) is 0. The molecule has 2 aromatic heterocycles. The quantitative estimate of drug-likeness (QED) is 0.180. The van der Waals surface area contributed by atoms with E-state index in [9.17, 15) is 0 Å². The zero-order valence-electron chi connectivity index (χ0n) is 21.0. The molecule has 0 bridgehead atoms. The van der Waals surface area contributed by atoms with Crippen LogP contribution in [0.5, 0.6) is 0 Å². The summed E-state index contributed by atoms with van der Waals surface area (Å²) in [6.07, 6.45) is 1.94. The van der Waals surface area contributed by atoms with Crippen LogP contribution in [0, 0.1) is 19.9 Å². The first-order valence-corrected chi connectivity index (χ1v) is 12.0. The molecule has 0 spiro atoms. The molecule has 181 valence electrons. The molecule has 0 atom stereocenters. The minimum atomic E-state index is -0.0438. The van der Waals surface area contributed by atoms with Crippen LogP contribution in [0.25, 0.3) is 33.5 Å². The Hall–Kier alpha value is -3.39. The summed E-state index contributed by atoms with van der Waals surface area (Å²) in [6, 6.07) is 37.7. The summed E-state index contributed by atoms with van der Waals surface area (Å²) in [7, 11) is 0. The molecule has 0 aliphatic carbocycles. The second kappa shape index (κ2) is 10.7. The Morgan fingerprint density at radius 3 is 1.94 bits per heavy atom. The van der Waals surface area contributed by atoms with Gasteiger partial charge in [-0.2, -0.15) is 0 Å². The second-order valence-corrected chi connectivity index (χ2v) is 9.58. The summed E-state index contributed by atoms with van der Waals surface area (Å²) in [5, 5.41) is 0. The van der Waals surface area contributed by atoms with Gasteiger partial charge in [0.25, 0.3) is 0 Å². The summed E-state index contributed by atoms with van der Waals surface area (Å²) in [5.41, 5.74) is 11.0. The van der Waals surface area contributed by atoms with Gasteiger partial charge in [0, 0.05) is 31.7 Å².